The van der Waals surface area contributed by atoms with Crippen molar-refractivity contribution in [2.45, 2.75) is 12.8 Å². The molecule has 0 spiro atoms. The van der Waals surface area contributed by atoms with Gasteiger partial charge in [0.15, 0.2) is 0 Å². The Bertz CT molecular complexity index is 912. The standard InChI is InChI=1S/C22H22ClN3O2/c23-19-3-1-2-17(14-19)11-13-25-12-10-16-4-7-20(8-5-16)28-21-9-6-18(15-26-21)22(24)27/h1-9,14-15,25H,10-13H2,(H2,24,27). The maximum Gasteiger partial charge on any atom is 0.250 e. The molecule has 3 aromatic rings. The van der Waals surface area contributed by atoms with Gasteiger partial charge >= 0.3 is 0 Å². The number of aromatic nitrogens is 1. The lowest BCUT2D eigenvalue weighted by molar-refractivity contribution is 0.1000. The van der Waals surface area contributed by atoms with E-state index < -0.39 is 5.91 Å². The maximum absolute atomic E-state index is 11.1. The first kappa shape index (κ1) is 19.9. The Hall–Kier alpha value is -2.89. The molecule has 1 aromatic heterocycles. The molecule has 28 heavy (non-hydrogen) atoms. The summed E-state index contributed by atoms with van der Waals surface area (Å²) in [5, 5.41) is 4.23. The number of carbonyl (C=O) groups is 1. The zero-order valence-electron chi connectivity index (χ0n) is 15.4. The number of hydrogen-bond acceptors (Lipinski definition) is 4. The van der Waals surface area contributed by atoms with E-state index in [1.807, 2.05) is 42.5 Å². The van der Waals surface area contributed by atoms with Crippen molar-refractivity contribution in [1.29, 1.82) is 0 Å². The Morgan fingerprint density at radius 2 is 1.75 bits per heavy atom. The summed E-state index contributed by atoms with van der Waals surface area (Å²) in [5.74, 6) is 0.599. The highest BCUT2D eigenvalue weighted by Crippen LogP contribution is 2.20. The van der Waals surface area contributed by atoms with E-state index in [4.69, 9.17) is 22.1 Å². The van der Waals surface area contributed by atoms with Gasteiger partial charge in [-0.1, -0.05) is 35.9 Å². The third-order valence-electron chi connectivity index (χ3n) is 4.24. The molecule has 3 N–H and O–H groups in total. The van der Waals surface area contributed by atoms with Crippen molar-refractivity contribution < 1.29 is 9.53 Å². The van der Waals surface area contributed by atoms with Crippen LogP contribution in [0.25, 0.3) is 0 Å². The van der Waals surface area contributed by atoms with Crippen LogP contribution in [0.2, 0.25) is 5.02 Å². The molecule has 144 valence electrons. The fourth-order valence-electron chi connectivity index (χ4n) is 2.71. The molecule has 1 amide bonds. The van der Waals surface area contributed by atoms with Crippen molar-refractivity contribution in [1.82, 2.24) is 10.3 Å². The zero-order chi connectivity index (χ0) is 19.8. The first-order chi connectivity index (χ1) is 13.6. The highest BCUT2D eigenvalue weighted by atomic mass is 35.5. The zero-order valence-corrected chi connectivity index (χ0v) is 16.2. The maximum atomic E-state index is 11.1. The van der Waals surface area contributed by atoms with E-state index >= 15 is 0 Å². The van der Waals surface area contributed by atoms with E-state index in [-0.39, 0.29) is 0 Å². The van der Waals surface area contributed by atoms with Crippen LogP contribution in [0.4, 0.5) is 0 Å². The lowest BCUT2D eigenvalue weighted by atomic mass is 10.1. The minimum Gasteiger partial charge on any atom is -0.439 e. The van der Waals surface area contributed by atoms with E-state index in [2.05, 4.69) is 16.4 Å². The van der Waals surface area contributed by atoms with Crippen LogP contribution in [0.3, 0.4) is 0 Å². The van der Waals surface area contributed by atoms with Gasteiger partial charge in [-0.15, -0.1) is 0 Å². The number of nitrogens with one attached hydrogen (secondary N) is 1. The number of hydrogen-bond donors (Lipinski definition) is 2. The van der Waals surface area contributed by atoms with Gasteiger partial charge in [0.25, 0.3) is 0 Å². The van der Waals surface area contributed by atoms with Crippen LogP contribution in [0.5, 0.6) is 11.6 Å². The molecule has 0 atom stereocenters. The van der Waals surface area contributed by atoms with Gasteiger partial charge in [-0.25, -0.2) is 4.98 Å². The third-order valence-corrected chi connectivity index (χ3v) is 4.47. The molecule has 6 heteroatoms. The Morgan fingerprint density at radius 3 is 2.39 bits per heavy atom. The van der Waals surface area contributed by atoms with Crippen molar-refractivity contribution in [2.24, 2.45) is 5.73 Å². The molecule has 0 radical (unpaired) electrons. The number of nitrogens with zero attached hydrogens (tertiary/aromatic N) is 1. The van der Waals surface area contributed by atoms with Gasteiger partial charge in [0.05, 0.1) is 5.56 Å². The largest absolute Gasteiger partial charge is 0.439 e. The number of benzene rings is 2. The minimum atomic E-state index is -0.510. The summed E-state index contributed by atoms with van der Waals surface area (Å²) < 4.78 is 5.68. The van der Waals surface area contributed by atoms with Gasteiger partial charge in [0, 0.05) is 17.3 Å². The molecule has 0 saturated carbocycles. The SMILES string of the molecule is NC(=O)c1ccc(Oc2ccc(CCNCCc3cccc(Cl)c3)cc2)nc1. The van der Waals surface area contributed by atoms with Gasteiger partial charge in [-0.3, -0.25) is 4.79 Å². The van der Waals surface area contributed by atoms with Crippen LogP contribution >= 0.6 is 11.6 Å². The molecule has 0 aliphatic rings. The first-order valence-corrected chi connectivity index (χ1v) is 9.46. The van der Waals surface area contributed by atoms with Crippen LogP contribution < -0.4 is 15.8 Å². The van der Waals surface area contributed by atoms with Crippen LogP contribution in [-0.4, -0.2) is 24.0 Å². The molecule has 1 heterocycles. The molecule has 3 rings (SSSR count). The van der Waals surface area contributed by atoms with Crippen LogP contribution in [0.15, 0.2) is 66.9 Å². The van der Waals surface area contributed by atoms with Gasteiger partial charge in [-0.2, -0.15) is 0 Å². The number of nitrogens with two attached hydrogens (primary N) is 1. The van der Waals surface area contributed by atoms with Gasteiger partial charge in [0.2, 0.25) is 11.8 Å². The van der Waals surface area contributed by atoms with E-state index in [0.717, 1.165) is 31.0 Å². The normalized spacial score (nSPS) is 10.6. The van der Waals surface area contributed by atoms with Crippen molar-refractivity contribution >= 4 is 17.5 Å². The highest BCUT2D eigenvalue weighted by Gasteiger charge is 2.03. The summed E-state index contributed by atoms with van der Waals surface area (Å²) in [7, 11) is 0. The first-order valence-electron chi connectivity index (χ1n) is 9.08. The van der Waals surface area contributed by atoms with Crippen molar-refractivity contribution in [3.8, 4) is 11.6 Å². The van der Waals surface area contributed by atoms with Gasteiger partial charge in [-0.05, 0) is 67.4 Å². The molecule has 0 saturated heterocycles. The molecule has 0 aliphatic heterocycles. The van der Waals surface area contributed by atoms with E-state index in [1.165, 1.54) is 17.3 Å². The summed E-state index contributed by atoms with van der Waals surface area (Å²) in [6.07, 6.45) is 3.29. The predicted molar refractivity (Wildman–Crippen MR) is 111 cm³/mol. The quantitative estimate of drug-likeness (QED) is 0.537. The average molecular weight is 396 g/mol. The highest BCUT2D eigenvalue weighted by molar-refractivity contribution is 6.30. The summed E-state index contributed by atoms with van der Waals surface area (Å²) in [5.41, 5.74) is 8.01. The third kappa shape index (κ3) is 6.08. The Kier molecular flexibility index (Phi) is 7.00. The molecule has 5 nitrogen and oxygen atoms in total. The molecule has 0 bridgehead atoms. The molecular weight excluding hydrogens is 374 g/mol. The summed E-state index contributed by atoms with van der Waals surface area (Å²) in [4.78, 5) is 15.1. The fraction of sp³-hybridized carbons (Fsp3) is 0.182. The molecular formula is C22H22ClN3O2. The van der Waals surface area contributed by atoms with E-state index in [1.54, 1.807) is 12.1 Å². The molecule has 2 aromatic carbocycles. The molecule has 0 aliphatic carbocycles. The lowest BCUT2D eigenvalue weighted by Gasteiger charge is -2.08. The monoisotopic (exact) mass is 395 g/mol. The van der Waals surface area contributed by atoms with Crippen LogP contribution in [0, 0.1) is 0 Å². The lowest BCUT2D eigenvalue weighted by Crippen LogP contribution is -2.20. The Morgan fingerprint density at radius 1 is 1.00 bits per heavy atom. The minimum absolute atomic E-state index is 0.352. The smallest absolute Gasteiger partial charge is 0.250 e. The van der Waals surface area contributed by atoms with Crippen LogP contribution in [-0.2, 0) is 12.8 Å². The van der Waals surface area contributed by atoms with Crippen molar-refractivity contribution in [2.75, 3.05) is 13.1 Å². The summed E-state index contributed by atoms with van der Waals surface area (Å²) in [6, 6.07) is 19.0. The number of halogens is 1. The number of rotatable bonds is 9. The average Bonchev–Trinajstić information content (AvgIpc) is 2.69. The Balaban J connectivity index is 1.41. The second-order valence-electron chi connectivity index (χ2n) is 6.38. The number of pyridine rings is 1. The Labute approximate surface area is 169 Å². The van der Waals surface area contributed by atoms with Crippen LogP contribution in [0.1, 0.15) is 21.5 Å². The van der Waals surface area contributed by atoms with E-state index in [9.17, 15) is 4.79 Å². The second-order valence-corrected chi connectivity index (χ2v) is 6.81. The summed E-state index contributed by atoms with van der Waals surface area (Å²) >= 11 is 6.00. The number of primary amides is 1. The van der Waals surface area contributed by atoms with Gasteiger partial charge < -0.3 is 15.8 Å². The molecule has 0 unspecified atom stereocenters. The number of carbonyl (C=O) groups excluding carboxylic acids is 1. The number of amides is 1. The fourth-order valence-corrected chi connectivity index (χ4v) is 2.93. The van der Waals surface area contributed by atoms with Crippen molar-refractivity contribution in [3.05, 3.63) is 88.6 Å². The summed E-state index contributed by atoms with van der Waals surface area (Å²) in [6.45, 7) is 1.81. The number of ether oxygens (including phenoxy) is 1. The topological polar surface area (TPSA) is 77.2 Å². The molecule has 0 fully saturated rings. The van der Waals surface area contributed by atoms with Crippen molar-refractivity contribution in [3.63, 3.8) is 0 Å². The predicted octanol–water partition coefficient (Wildman–Crippen LogP) is 4.00. The van der Waals surface area contributed by atoms with E-state index in [0.29, 0.717) is 17.2 Å². The second kappa shape index (κ2) is 9.88. The van der Waals surface area contributed by atoms with Gasteiger partial charge in [0.1, 0.15) is 5.75 Å².